The Balaban J connectivity index is 0.000000452. The second-order valence-corrected chi connectivity index (χ2v) is 12.6. The van der Waals surface area contributed by atoms with E-state index in [-0.39, 0.29) is 0 Å². The maximum atomic E-state index is 4.83. The van der Waals surface area contributed by atoms with Crippen molar-refractivity contribution in [2.75, 3.05) is 11.5 Å². The molecule has 0 aromatic heterocycles. The van der Waals surface area contributed by atoms with E-state index in [1.165, 1.54) is 84.2 Å². The van der Waals surface area contributed by atoms with Gasteiger partial charge in [-0.05, 0) is 0 Å². The third-order valence-electron chi connectivity index (χ3n) is 4.83. The molecule has 172 valence electrons. The normalized spacial score (nSPS) is 9.68. The van der Waals surface area contributed by atoms with E-state index in [9.17, 15) is 0 Å². The molecule has 0 amide bonds. The van der Waals surface area contributed by atoms with Gasteiger partial charge in [0.1, 0.15) is 0 Å². The molecule has 2 rings (SSSR count). The molecule has 0 saturated heterocycles. The molecule has 0 N–H and O–H groups in total. The molecule has 2 aromatic rings. The molecule has 0 fully saturated rings. The van der Waals surface area contributed by atoms with Crippen LogP contribution in [0.15, 0.2) is 60.7 Å². The van der Waals surface area contributed by atoms with Crippen LogP contribution < -0.4 is 7.16 Å². The molecule has 0 atom stereocenters. The zero-order valence-corrected chi connectivity index (χ0v) is 24.5. The summed E-state index contributed by atoms with van der Waals surface area (Å²) in [4.78, 5) is 0. The summed E-state index contributed by atoms with van der Waals surface area (Å²) in [5.74, 6) is 1.90. The fourth-order valence-electron chi connectivity index (χ4n) is 2.97. The van der Waals surface area contributed by atoms with Crippen LogP contribution in [0.3, 0.4) is 0 Å². The number of unbranched alkanes of at least 4 members (excludes halogenated alkanes) is 10. The van der Waals surface area contributed by atoms with Gasteiger partial charge < -0.3 is 25.3 Å². The van der Waals surface area contributed by atoms with Crippen LogP contribution in [0.4, 0.5) is 0 Å². The first-order chi connectivity index (χ1) is 15.3. The molecule has 0 saturated carbocycles. The summed E-state index contributed by atoms with van der Waals surface area (Å²) in [5.41, 5.74) is 0. The minimum absolute atomic E-state index is 0.517. The molecule has 0 spiro atoms. The Morgan fingerprint density at radius 1 is 0.484 bits per heavy atom. The first-order valence-corrected chi connectivity index (χ1v) is 16.3. The first-order valence-electron chi connectivity index (χ1n) is 12.3. The first kappa shape index (κ1) is 30.9. The predicted octanol–water partition coefficient (Wildman–Crippen LogP) is 7.13. The topological polar surface area (TPSA) is 0 Å². The van der Waals surface area contributed by atoms with Gasteiger partial charge in [0.2, 0.25) is 0 Å². The molecule has 3 heteroatoms. The monoisotopic (exact) mass is 564 g/mol. The van der Waals surface area contributed by atoms with Crippen molar-refractivity contribution in [2.24, 2.45) is 0 Å². The summed E-state index contributed by atoms with van der Waals surface area (Å²) in [5, 5.41) is 0. The Morgan fingerprint density at radius 3 is 1.13 bits per heavy atom. The molecule has 0 heterocycles. The van der Waals surface area contributed by atoms with Crippen LogP contribution in [0.25, 0.3) is 0 Å². The molecule has 0 aliphatic heterocycles. The van der Waals surface area contributed by atoms with Gasteiger partial charge in [-0.3, -0.25) is 0 Å². The van der Waals surface area contributed by atoms with Crippen LogP contribution >= 0.6 is 0 Å². The number of benzene rings is 2. The van der Waals surface area contributed by atoms with Crippen molar-refractivity contribution < 1.29 is 0 Å². The number of rotatable bonds is 14. The van der Waals surface area contributed by atoms with Crippen LogP contribution in [0.5, 0.6) is 0 Å². The molecular formula is C28H44S2Sn. The van der Waals surface area contributed by atoms with E-state index in [1.54, 1.807) is 0 Å². The number of hydrogen-bond acceptors (Lipinski definition) is 2. The summed E-state index contributed by atoms with van der Waals surface area (Å²) in [6, 6.07) is 21.6. The third-order valence-corrected chi connectivity index (χ3v) is 8.96. The molecule has 0 aliphatic carbocycles. The summed E-state index contributed by atoms with van der Waals surface area (Å²) in [6.07, 6.45) is 16.3. The van der Waals surface area contributed by atoms with E-state index in [2.05, 4.69) is 74.5 Å². The van der Waals surface area contributed by atoms with E-state index >= 15 is 0 Å². The Bertz CT molecular complexity index is 496. The van der Waals surface area contributed by atoms with E-state index < -0.39 is 21.1 Å². The zero-order chi connectivity index (χ0) is 22.8. The van der Waals surface area contributed by atoms with Crippen LogP contribution in [0.2, 0.25) is 0 Å². The Labute approximate surface area is 215 Å². The number of hydrogen-bond donors (Lipinski definition) is 0. The molecule has 2 aromatic carbocycles. The SMILES string of the molecule is CCCCCCCC[S-].CCCCCCCC[S-].c1cc[c]([Sn+2][c]2ccccc2)cc1. The van der Waals surface area contributed by atoms with Crippen molar-refractivity contribution in [3.8, 4) is 0 Å². The van der Waals surface area contributed by atoms with E-state index in [4.69, 9.17) is 25.3 Å². The van der Waals surface area contributed by atoms with Crippen molar-refractivity contribution in [3.63, 3.8) is 0 Å². The predicted molar refractivity (Wildman–Crippen MR) is 149 cm³/mol. The molecule has 0 bridgehead atoms. The summed E-state index contributed by atoms with van der Waals surface area (Å²) in [6.45, 7) is 4.49. The Morgan fingerprint density at radius 2 is 0.806 bits per heavy atom. The van der Waals surface area contributed by atoms with Gasteiger partial charge in [0.15, 0.2) is 0 Å². The molecule has 31 heavy (non-hydrogen) atoms. The average Bonchev–Trinajstić information content (AvgIpc) is 2.81. The molecule has 0 nitrogen and oxygen atoms in total. The third kappa shape index (κ3) is 22.9. The van der Waals surface area contributed by atoms with Crippen LogP contribution in [-0.4, -0.2) is 32.6 Å². The standard InChI is InChI=1S/2C8H18S.2C6H5.Sn/c2*1-2-3-4-5-6-7-8-9;2*1-2-4-6-5-3-1;/h2*9H,2-8H2,1H3;2*1-5H;/q;;;;+2/p-2. The van der Waals surface area contributed by atoms with Crippen LogP contribution in [0, 0.1) is 0 Å². The average molecular weight is 564 g/mol. The molecule has 0 unspecified atom stereocenters. The second-order valence-electron chi connectivity index (χ2n) is 7.80. The fraction of sp³-hybridized carbons (Fsp3) is 0.571. The Kier molecular flexibility index (Phi) is 26.1. The van der Waals surface area contributed by atoms with Crippen molar-refractivity contribution >= 4 is 53.6 Å². The van der Waals surface area contributed by atoms with Crippen LogP contribution in [0.1, 0.15) is 90.9 Å². The summed E-state index contributed by atoms with van der Waals surface area (Å²) < 4.78 is 3.08. The van der Waals surface area contributed by atoms with Crippen molar-refractivity contribution in [1.82, 2.24) is 0 Å². The van der Waals surface area contributed by atoms with Crippen LogP contribution in [-0.2, 0) is 25.3 Å². The van der Waals surface area contributed by atoms with E-state index in [0.29, 0.717) is 0 Å². The van der Waals surface area contributed by atoms with Crippen molar-refractivity contribution in [3.05, 3.63) is 60.7 Å². The quantitative estimate of drug-likeness (QED) is 0.136. The molecular weight excluding hydrogens is 519 g/mol. The molecule has 0 radical (unpaired) electrons. The van der Waals surface area contributed by atoms with Gasteiger partial charge in [-0.15, -0.1) is 0 Å². The van der Waals surface area contributed by atoms with Gasteiger partial charge in [-0.1, -0.05) is 90.9 Å². The summed E-state index contributed by atoms with van der Waals surface area (Å²) >= 11 is 9.14. The second kappa shape index (κ2) is 26.2. The van der Waals surface area contributed by atoms with Gasteiger partial charge in [-0.2, -0.15) is 11.5 Å². The summed E-state index contributed by atoms with van der Waals surface area (Å²) in [7, 11) is 0. The minimum atomic E-state index is -0.517. The van der Waals surface area contributed by atoms with Crippen molar-refractivity contribution in [1.29, 1.82) is 0 Å². The fourth-order valence-corrected chi connectivity index (χ4v) is 6.38. The van der Waals surface area contributed by atoms with Gasteiger partial charge in [0, 0.05) is 0 Å². The van der Waals surface area contributed by atoms with Gasteiger partial charge in [0.25, 0.3) is 0 Å². The zero-order valence-electron chi connectivity index (χ0n) is 20.0. The van der Waals surface area contributed by atoms with Gasteiger partial charge >= 0.3 is 89.0 Å². The van der Waals surface area contributed by atoms with Gasteiger partial charge in [0.05, 0.1) is 0 Å². The van der Waals surface area contributed by atoms with E-state index in [0.717, 1.165) is 11.5 Å². The molecule has 0 aliphatic rings. The maximum absolute atomic E-state index is 4.83. The van der Waals surface area contributed by atoms with E-state index in [1.807, 2.05) is 0 Å². The van der Waals surface area contributed by atoms with Crippen molar-refractivity contribution in [2.45, 2.75) is 90.9 Å². The van der Waals surface area contributed by atoms with Gasteiger partial charge in [-0.25, -0.2) is 0 Å². The Hall–Kier alpha value is -0.0613.